The summed E-state index contributed by atoms with van der Waals surface area (Å²) in [6.07, 6.45) is 0.134. The topological polar surface area (TPSA) is 113 Å². The summed E-state index contributed by atoms with van der Waals surface area (Å²) in [5, 5.41) is 13.5. The van der Waals surface area contributed by atoms with Gasteiger partial charge in [0, 0.05) is 23.1 Å². The quantitative estimate of drug-likeness (QED) is 0.276. The summed E-state index contributed by atoms with van der Waals surface area (Å²) in [5.74, 6) is -2.47. The first-order valence-corrected chi connectivity index (χ1v) is 10.5. The van der Waals surface area contributed by atoms with Crippen LogP contribution in [0.3, 0.4) is 0 Å². The molecule has 2 N–H and O–H groups in total. The summed E-state index contributed by atoms with van der Waals surface area (Å²) in [4.78, 5) is 49.7. The molecule has 2 amide bonds. The van der Waals surface area contributed by atoms with Crippen LogP contribution in [0.5, 0.6) is 0 Å². The Morgan fingerprint density at radius 1 is 1.48 bits per heavy atom. The van der Waals surface area contributed by atoms with Crippen molar-refractivity contribution in [1.82, 2.24) is 10.2 Å². The number of carbonyl (C=O) groups excluding carboxylic acids is 3. The van der Waals surface area contributed by atoms with E-state index in [2.05, 4.69) is 21.2 Å². The van der Waals surface area contributed by atoms with E-state index in [4.69, 9.17) is 4.74 Å². The molecule has 0 radical (unpaired) electrons. The zero-order chi connectivity index (χ0) is 19.8. The summed E-state index contributed by atoms with van der Waals surface area (Å²) in [7, 11) is 0. The number of halogens is 1. The SMILES string of the molecule is CC(=O)OCC1=C(C(=O)O)N2C(=O)[C@](Br)(NC(=O)Cc3cccs3)[C@H]2SC1. The summed E-state index contributed by atoms with van der Waals surface area (Å²) >= 11 is 6.02. The van der Waals surface area contributed by atoms with Gasteiger partial charge in [0.15, 0.2) is 0 Å². The fourth-order valence-corrected chi connectivity index (χ4v) is 5.85. The first-order chi connectivity index (χ1) is 12.7. The number of nitrogens with one attached hydrogen (secondary N) is 1. The number of alkyl halides is 1. The predicted octanol–water partition coefficient (Wildman–Crippen LogP) is 1.31. The Balaban J connectivity index is 1.76. The van der Waals surface area contributed by atoms with Gasteiger partial charge in [0.25, 0.3) is 5.91 Å². The third-order valence-corrected chi connectivity index (χ3v) is 7.53. The van der Waals surface area contributed by atoms with Crippen molar-refractivity contribution in [3.63, 3.8) is 0 Å². The number of β-lactam (4-membered cyclic amide) rings is 1. The molecule has 0 aromatic carbocycles. The van der Waals surface area contributed by atoms with Crippen LogP contribution in [-0.4, -0.2) is 55.9 Å². The number of carboxylic acids is 1. The molecular weight excluding hydrogens is 460 g/mol. The summed E-state index contributed by atoms with van der Waals surface area (Å²) in [6, 6.07) is 3.65. The molecule has 3 heterocycles. The van der Waals surface area contributed by atoms with E-state index in [1.54, 1.807) is 0 Å². The smallest absolute Gasteiger partial charge is 0.352 e. The normalized spacial score (nSPS) is 24.1. The average Bonchev–Trinajstić information content (AvgIpc) is 3.11. The van der Waals surface area contributed by atoms with Crippen molar-refractivity contribution in [3.05, 3.63) is 33.7 Å². The summed E-state index contributed by atoms with van der Waals surface area (Å²) in [6.45, 7) is 1.03. The number of amides is 2. The average molecular weight is 475 g/mol. The number of thioether (sulfide) groups is 1. The van der Waals surface area contributed by atoms with Crippen molar-refractivity contribution in [2.45, 2.75) is 23.2 Å². The molecule has 11 heteroatoms. The molecule has 0 aliphatic carbocycles. The summed E-state index contributed by atoms with van der Waals surface area (Å²) < 4.78 is 3.53. The van der Waals surface area contributed by atoms with Gasteiger partial charge in [-0.25, -0.2) is 4.79 Å². The van der Waals surface area contributed by atoms with Gasteiger partial charge in [0.05, 0.1) is 6.42 Å². The molecule has 2 atom stereocenters. The highest BCUT2D eigenvalue weighted by Crippen LogP contribution is 2.49. The van der Waals surface area contributed by atoms with Gasteiger partial charge in [-0.3, -0.25) is 19.3 Å². The van der Waals surface area contributed by atoms with Crippen molar-refractivity contribution < 1.29 is 29.0 Å². The van der Waals surface area contributed by atoms with Gasteiger partial charge < -0.3 is 15.2 Å². The first-order valence-electron chi connectivity index (χ1n) is 7.80. The molecule has 2 aliphatic heterocycles. The Kier molecular flexibility index (Phi) is 5.63. The number of esters is 1. The van der Waals surface area contributed by atoms with Gasteiger partial charge in [0.2, 0.25) is 10.4 Å². The van der Waals surface area contributed by atoms with E-state index in [0.29, 0.717) is 5.57 Å². The zero-order valence-corrected chi connectivity index (χ0v) is 17.3. The maximum absolute atomic E-state index is 12.7. The number of nitrogens with zero attached hydrogens (tertiary/aromatic N) is 1. The Labute approximate surface area is 171 Å². The maximum atomic E-state index is 12.7. The van der Waals surface area contributed by atoms with Crippen LogP contribution < -0.4 is 5.32 Å². The molecule has 0 saturated carbocycles. The highest BCUT2D eigenvalue weighted by atomic mass is 79.9. The number of carbonyl (C=O) groups is 4. The standard InChI is InChI=1S/C16H15BrN2O6S2/c1-8(20)25-6-9-7-27-15-16(17,14(24)19(15)12(9)13(22)23)18-11(21)5-10-3-2-4-26-10/h2-4,15H,5-7H2,1H3,(H,18,21)(H,22,23)/t15-,16+/m1/s1. The van der Waals surface area contributed by atoms with E-state index in [0.717, 1.165) is 9.78 Å². The van der Waals surface area contributed by atoms with Crippen LogP contribution in [0, 0.1) is 0 Å². The number of rotatable bonds is 6. The molecule has 1 fully saturated rings. The number of hydrogen-bond acceptors (Lipinski definition) is 7. The lowest BCUT2D eigenvalue weighted by molar-refractivity contribution is -0.152. The number of thiophene rings is 1. The van der Waals surface area contributed by atoms with E-state index in [1.807, 2.05) is 17.5 Å². The van der Waals surface area contributed by atoms with Crippen LogP contribution in [0.1, 0.15) is 11.8 Å². The molecule has 144 valence electrons. The highest BCUT2D eigenvalue weighted by molar-refractivity contribution is 9.10. The molecule has 0 spiro atoms. The molecule has 0 unspecified atom stereocenters. The van der Waals surface area contributed by atoms with E-state index in [9.17, 15) is 24.3 Å². The van der Waals surface area contributed by atoms with Gasteiger partial charge in [-0.1, -0.05) is 6.07 Å². The van der Waals surface area contributed by atoms with Gasteiger partial charge in [-0.2, -0.15) is 0 Å². The highest BCUT2D eigenvalue weighted by Gasteiger charge is 2.64. The number of carboxylic acid groups (broad SMARTS) is 1. The number of aliphatic carboxylic acids is 1. The molecule has 2 aliphatic rings. The third-order valence-electron chi connectivity index (χ3n) is 3.98. The molecule has 8 nitrogen and oxygen atoms in total. The van der Waals surface area contributed by atoms with Crippen LogP contribution in [-0.2, 0) is 30.3 Å². The van der Waals surface area contributed by atoms with Crippen molar-refractivity contribution in [1.29, 1.82) is 0 Å². The molecule has 1 aromatic rings. The van der Waals surface area contributed by atoms with Gasteiger partial charge in [-0.05, 0) is 27.4 Å². The first kappa shape index (κ1) is 19.9. The lowest BCUT2D eigenvalue weighted by Crippen LogP contribution is -2.77. The minimum atomic E-state index is -1.36. The Morgan fingerprint density at radius 2 is 2.22 bits per heavy atom. The summed E-state index contributed by atoms with van der Waals surface area (Å²) in [5.41, 5.74) is 0.138. The molecule has 1 aromatic heterocycles. The largest absolute Gasteiger partial charge is 0.477 e. The zero-order valence-electron chi connectivity index (χ0n) is 14.1. The van der Waals surface area contributed by atoms with E-state index < -0.39 is 27.7 Å². The predicted molar refractivity (Wildman–Crippen MR) is 102 cm³/mol. The van der Waals surface area contributed by atoms with Gasteiger partial charge in [0.1, 0.15) is 17.7 Å². The molecule has 3 rings (SSSR count). The Bertz CT molecular complexity index is 840. The fraction of sp³-hybridized carbons (Fsp3) is 0.375. The maximum Gasteiger partial charge on any atom is 0.352 e. The number of ether oxygens (including phenoxy) is 1. The molecule has 1 saturated heterocycles. The van der Waals surface area contributed by atoms with Gasteiger partial charge >= 0.3 is 11.9 Å². The number of fused-ring (bicyclic) bond motifs is 1. The number of hydrogen-bond donors (Lipinski definition) is 2. The molecule has 27 heavy (non-hydrogen) atoms. The van der Waals surface area contributed by atoms with Gasteiger partial charge in [-0.15, -0.1) is 23.1 Å². The lowest BCUT2D eigenvalue weighted by Gasteiger charge is -2.54. The lowest BCUT2D eigenvalue weighted by atomic mass is 10.0. The van der Waals surface area contributed by atoms with Crippen LogP contribution in [0.15, 0.2) is 28.8 Å². The molecule has 0 bridgehead atoms. The van der Waals surface area contributed by atoms with Crippen molar-refractivity contribution in [3.8, 4) is 0 Å². The third kappa shape index (κ3) is 3.76. The van der Waals surface area contributed by atoms with Crippen LogP contribution in [0.4, 0.5) is 0 Å². The molecular formula is C16H15BrN2O6S2. The van der Waals surface area contributed by atoms with E-state index >= 15 is 0 Å². The Hall–Kier alpha value is -1.85. The van der Waals surface area contributed by atoms with Crippen LogP contribution in [0.25, 0.3) is 0 Å². The second-order valence-corrected chi connectivity index (χ2v) is 9.24. The van der Waals surface area contributed by atoms with Crippen molar-refractivity contribution >= 4 is 62.8 Å². The monoisotopic (exact) mass is 474 g/mol. The second kappa shape index (κ2) is 7.64. The second-order valence-electron chi connectivity index (χ2n) is 5.89. The van der Waals surface area contributed by atoms with Crippen LogP contribution >= 0.6 is 39.0 Å². The van der Waals surface area contributed by atoms with E-state index in [-0.39, 0.29) is 30.4 Å². The minimum Gasteiger partial charge on any atom is -0.477 e. The minimum absolute atomic E-state index is 0.134. The van der Waals surface area contributed by atoms with E-state index in [1.165, 1.54) is 30.0 Å². The Morgan fingerprint density at radius 3 is 2.81 bits per heavy atom. The van der Waals surface area contributed by atoms with Crippen LogP contribution in [0.2, 0.25) is 0 Å². The van der Waals surface area contributed by atoms with Crippen molar-refractivity contribution in [2.75, 3.05) is 12.4 Å². The fourth-order valence-electron chi connectivity index (χ4n) is 2.81. The van der Waals surface area contributed by atoms with Crippen molar-refractivity contribution in [2.24, 2.45) is 0 Å².